The lowest BCUT2D eigenvalue weighted by molar-refractivity contribution is -0.125. The molecule has 3 nitrogen and oxygen atoms in total. The fraction of sp³-hybridized carbons (Fsp3) is 0.533. The zero-order chi connectivity index (χ0) is 13.0. The van der Waals surface area contributed by atoms with Crippen molar-refractivity contribution in [1.29, 1.82) is 0 Å². The molecule has 1 atom stereocenters. The summed E-state index contributed by atoms with van der Waals surface area (Å²) in [7, 11) is 0. The molecule has 0 aliphatic carbocycles. The average Bonchev–Trinajstić information content (AvgIpc) is 2.39. The molecule has 1 unspecified atom stereocenters. The summed E-state index contributed by atoms with van der Waals surface area (Å²) in [6, 6.07) is 8.49. The van der Waals surface area contributed by atoms with Gasteiger partial charge in [-0.2, -0.15) is 0 Å². The molecule has 1 aliphatic rings. The smallest absolute Gasteiger partial charge is 0.237 e. The predicted octanol–water partition coefficient (Wildman–Crippen LogP) is 1.93. The number of benzene rings is 1. The SMILES string of the molecule is Cc1ccc(CCC2(C(N)=O)CCCCN2)cc1. The molecule has 3 N–H and O–H groups in total. The third kappa shape index (κ3) is 2.91. The van der Waals surface area contributed by atoms with Gasteiger partial charge in [-0.25, -0.2) is 0 Å². The van der Waals surface area contributed by atoms with Gasteiger partial charge in [0.25, 0.3) is 0 Å². The van der Waals surface area contributed by atoms with Crippen molar-refractivity contribution in [3.63, 3.8) is 0 Å². The Hall–Kier alpha value is -1.35. The van der Waals surface area contributed by atoms with Gasteiger partial charge in [-0.3, -0.25) is 4.79 Å². The minimum atomic E-state index is -0.483. The van der Waals surface area contributed by atoms with Gasteiger partial charge in [0.1, 0.15) is 0 Å². The summed E-state index contributed by atoms with van der Waals surface area (Å²) in [5.41, 5.74) is 7.64. The minimum Gasteiger partial charge on any atom is -0.368 e. The average molecular weight is 246 g/mol. The standard InChI is InChI=1S/C15H22N2O/c1-12-4-6-13(7-5-12)8-10-15(14(16)18)9-2-3-11-17-15/h4-7,17H,2-3,8-11H2,1H3,(H2,16,18). The van der Waals surface area contributed by atoms with Crippen LogP contribution < -0.4 is 11.1 Å². The van der Waals surface area contributed by atoms with Gasteiger partial charge < -0.3 is 11.1 Å². The van der Waals surface area contributed by atoms with E-state index >= 15 is 0 Å². The second-order valence-corrected chi connectivity index (χ2v) is 5.32. The molecular weight excluding hydrogens is 224 g/mol. The van der Waals surface area contributed by atoms with E-state index in [9.17, 15) is 4.79 Å². The van der Waals surface area contributed by atoms with Crippen molar-refractivity contribution in [3.8, 4) is 0 Å². The first-order valence-electron chi connectivity index (χ1n) is 6.73. The van der Waals surface area contributed by atoms with Gasteiger partial charge in [0.05, 0.1) is 5.54 Å². The highest BCUT2D eigenvalue weighted by atomic mass is 16.1. The molecule has 1 aromatic rings. The lowest BCUT2D eigenvalue weighted by atomic mass is 9.83. The summed E-state index contributed by atoms with van der Waals surface area (Å²) in [5, 5.41) is 3.34. The maximum atomic E-state index is 11.7. The van der Waals surface area contributed by atoms with Crippen molar-refractivity contribution in [3.05, 3.63) is 35.4 Å². The zero-order valence-corrected chi connectivity index (χ0v) is 11.0. The number of aryl methyl sites for hydroxylation is 2. The highest BCUT2D eigenvalue weighted by molar-refractivity contribution is 5.84. The van der Waals surface area contributed by atoms with Gasteiger partial charge in [-0.1, -0.05) is 29.8 Å². The number of nitrogens with one attached hydrogen (secondary N) is 1. The summed E-state index contributed by atoms with van der Waals surface area (Å²) in [6.45, 7) is 2.98. The summed E-state index contributed by atoms with van der Waals surface area (Å²) >= 11 is 0. The van der Waals surface area contributed by atoms with E-state index in [2.05, 4.69) is 36.5 Å². The molecule has 1 amide bonds. The molecule has 0 spiro atoms. The number of carbonyl (C=O) groups excluding carboxylic acids is 1. The first-order chi connectivity index (χ1) is 8.62. The van der Waals surface area contributed by atoms with Crippen LogP contribution >= 0.6 is 0 Å². The van der Waals surface area contributed by atoms with Crippen molar-refractivity contribution < 1.29 is 4.79 Å². The van der Waals surface area contributed by atoms with E-state index in [1.165, 1.54) is 11.1 Å². The number of rotatable bonds is 4. The number of hydrogen-bond acceptors (Lipinski definition) is 2. The Balaban J connectivity index is 2.01. The quantitative estimate of drug-likeness (QED) is 0.853. The first-order valence-corrected chi connectivity index (χ1v) is 6.73. The summed E-state index contributed by atoms with van der Waals surface area (Å²) < 4.78 is 0. The fourth-order valence-corrected chi connectivity index (χ4v) is 2.63. The van der Waals surface area contributed by atoms with Crippen LogP contribution in [0.2, 0.25) is 0 Å². The van der Waals surface area contributed by atoms with Crippen LogP contribution in [0.5, 0.6) is 0 Å². The highest BCUT2D eigenvalue weighted by Crippen LogP contribution is 2.24. The maximum absolute atomic E-state index is 11.7. The van der Waals surface area contributed by atoms with Gasteiger partial charge in [-0.05, 0) is 51.1 Å². The van der Waals surface area contributed by atoms with Crippen LogP contribution in [-0.2, 0) is 11.2 Å². The Morgan fingerprint density at radius 3 is 2.61 bits per heavy atom. The Morgan fingerprint density at radius 1 is 1.33 bits per heavy atom. The number of hydrogen-bond donors (Lipinski definition) is 2. The minimum absolute atomic E-state index is 0.200. The van der Waals surface area contributed by atoms with Gasteiger partial charge >= 0.3 is 0 Å². The predicted molar refractivity (Wildman–Crippen MR) is 73.3 cm³/mol. The highest BCUT2D eigenvalue weighted by Gasteiger charge is 2.36. The number of carbonyl (C=O) groups is 1. The Labute approximate surface area is 109 Å². The second kappa shape index (κ2) is 5.53. The second-order valence-electron chi connectivity index (χ2n) is 5.32. The molecule has 98 valence electrons. The van der Waals surface area contributed by atoms with E-state index in [0.29, 0.717) is 0 Å². The molecule has 0 bridgehead atoms. The van der Waals surface area contributed by atoms with Crippen LogP contribution in [0.1, 0.15) is 36.8 Å². The van der Waals surface area contributed by atoms with Crippen LogP contribution in [0.3, 0.4) is 0 Å². The number of amides is 1. The molecule has 0 aromatic heterocycles. The lowest BCUT2D eigenvalue weighted by Crippen LogP contribution is -2.57. The topological polar surface area (TPSA) is 55.1 Å². The van der Waals surface area contributed by atoms with E-state index in [1.807, 2.05) is 0 Å². The van der Waals surface area contributed by atoms with Gasteiger partial charge in [-0.15, -0.1) is 0 Å². The van der Waals surface area contributed by atoms with E-state index < -0.39 is 5.54 Å². The molecule has 1 aromatic carbocycles. The summed E-state index contributed by atoms with van der Waals surface area (Å²) in [4.78, 5) is 11.7. The van der Waals surface area contributed by atoms with Crippen LogP contribution in [-0.4, -0.2) is 18.0 Å². The zero-order valence-electron chi connectivity index (χ0n) is 11.0. The molecule has 0 saturated carbocycles. The van der Waals surface area contributed by atoms with E-state index in [-0.39, 0.29) is 5.91 Å². The van der Waals surface area contributed by atoms with Gasteiger partial charge in [0.2, 0.25) is 5.91 Å². The lowest BCUT2D eigenvalue weighted by Gasteiger charge is -2.35. The van der Waals surface area contributed by atoms with Crippen LogP contribution in [0.4, 0.5) is 0 Å². The van der Waals surface area contributed by atoms with Crippen LogP contribution in [0.25, 0.3) is 0 Å². The Bertz CT molecular complexity index is 405. The normalized spacial score (nSPS) is 23.8. The monoisotopic (exact) mass is 246 g/mol. The maximum Gasteiger partial charge on any atom is 0.237 e. The molecule has 1 saturated heterocycles. The number of primary amides is 1. The van der Waals surface area contributed by atoms with Gasteiger partial charge in [0.15, 0.2) is 0 Å². The van der Waals surface area contributed by atoms with E-state index in [4.69, 9.17) is 5.73 Å². The number of piperidine rings is 1. The third-order valence-electron chi connectivity index (χ3n) is 3.93. The fourth-order valence-electron chi connectivity index (χ4n) is 2.63. The summed E-state index contributed by atoms with van der Waals surface area (Å²) in [5.74, 6) is -0.200. The molecule has 1 aliphatic heterocycles. The molecule has 1 heterocycles. The molecule has 3 heteroatoms. The van der Waals surface area contributed by atoms with Gasteiger partial charge in [0, 0.05) is 0 Å². The Morgan fingerprint density at radius 2 is 2.06 bits per heavy atom. The van der Waals surface area contributed by atoms with Crippen molar-refractivity contribution in [2.24, 2.45) is 5.73 Å². The Kier molecular flexibility index (Phi) is 4.02. The largest absolute Gasteiger partial charge is 0.368 e. The van der Waals surface area contributed by atoms with Crippen molar-refractivity contribution in [2.75, 3.05) is 6.54 Å². The first kappa shape index (κ1) is 13.1. The molecule has 0 radical (unpaired) electrons. The third-order valence-corrected chi connectivity index (χ3v) is 3.93. The molecular formula is C15H22N2O. The van der Waals surface area contributed by atoms with Crippen molar-refractivity contribution in [2.45, 2.75) is 44.6 Å². The van der Waals surface area contributed by atoms with Crippen molar-refractivity contribution >= 4 is 5.91 Å². The van der Waals surface area contributed by atoms with Crippen LogP contribution in [0.15, 0.2) is 24.3 Å². The van der Waals surface area contributed by atoms with E-state index in [0.717, 1.165) is 38.6 Å². The van der Waals surface area contributed by atoms with E-state index in [1.54, 1.807) is 0 Å². The van der Waals surface area contributed by atoms with Crippen molar-refractivity contribution in [1.82, 2.24) is 5.32 Å². The molecule has 1 fully saturated rings. The molecule has 2 rings (SSSR count). The summed E-state index contributed by atoms with van der Waals surface area (Å²) in [6.07, 6.45) is 4.79. The number of nitrogens with two attached hydrogens (primary N) is 1. The van der Waals surface area contributed by atoms with Crippen LogP contribution in [0, 0.1) is 6.92 Å². The molecule has 18 heavy (non-hydrogen) atoms.